The van der Waals surface area contributed by atoms with Crippen LogP contribution in [0.15, 0.2) is 24.5 Å². The first-order valence-corrected chi connectivity index (χ1v) is 7.05. The number of nitrogens with one attached hydrogen (secondary N) is 1. The highest BCUT2D eigenvalue weighted by Gasteiger charge is 2.17. The highest BCUT2D eigenvalue weighted by molar-refractivity contribution is 5.94. The van der Waals surface area contributed by atoms with Gasteiger partial charge in [0.2, 0.25) is 0 Å². The number of aromatic amines is 1. The van der Waals surface area contributed by atoms with E-state index in [1.54, 1.807) is 29.4 Å². The zero-order valence-electron chi connectivity index (χ0n) is 13.1. The Hall–Kier alpha value is -2.41. The zero-order valence-corrected chi connectivity index (χ0v) is 13.1. The second kappa shape index (κ2) is 7.04. The topological polar surface area (TPSA) is 85.3 Å². The van der Waals surface area contributed by atoms with E-state index in [-0.39, 0.29) is 19.1 Å². The molecule has 0 unspecified atom stereocenters. The number of rotatable bonds is 6. The fraction of sp³-hybridized carbons (Fsp3) is 0.400. The molecule has 0 fully saturated rings. The number of nitrogens with zero attached hydrogens (tertiary/aromatic N) is 4. The molecule has 0 aliphatic carbocycles. The number of H-pyrrole nitrogens is 1. The summed E-state index contributed by atoms with van der Waals surface area (Å²) >= 11 is 0. The van der Waals surface area contributed by atoms with Crippen molar-refractivity contribution in [3.63, 3.8) is 0 Å². The van der Waals surface area contributed by atoms with Gasteiger partial charge in [0.1, 0.15) is 11.6 Å². The number of amides is 1. The molecule has 1 amide bonds. The molecule has 2 aromatic rings. The maximum atomic E-state index is 12.6. The Balaban J connectivity index is 2.14. The van der Waals surface area contributed by atoms with Gasteiger partial charge in [-0.15, -0.1) is 0 Å². The number of aromatic nitrogens is 3. The van der Waals surface area contributed by atoms with Gasteiger partial charge in [0.15, 0.2) is 0 Å². The van der Waals surface area contributed by atoms with Gasteiger partial charge in [0, 0.05) is 26.8 Å². The van der Waals surface area contributed by atoms with Gasteiger partial charge in [-0.3, -0.25) is 4.79 Å². The highest BCUT2D eigenvalue weighted by atomic mass is 16.3. The average Bonchev–Trinajstić information content (AvgIpc) is 2.91. The van der Waals surface area contributed by atoms with Gasteiger partial charge in [-0.25, -0.2) is 9.97 Å². The van der Waals surface area contributed by atoms with Gasteiger partial charge < -0.3 is 19.9 Å². The third kappa shape index (κ3) is 3.82. The van der Waals surface area contributed by atoms with Crippen LogP contribution < -0.4 is 4.90 Å². The van der Waals surface area contributed by atoms with Crippen LogP contribution in [0.4, 0.5) is 5.82 Å². The molecule has 22 heavy (non-hydrogen) atoms. The normalized spacial score (nSPS) is 10.5. The fourth-order valence-electron chi connectivity index (χ4n) is 2.09. The number of aryl methyl sites for hydroxylation is 1. The van der Waals surface area contributed by atoms with Crippen LogP contribution in [0.3, 0.4) is 0 Å². The first-order valence-electron chi connectivity index (χ1n) is 7.05. The highest BCUT2D eigenvalue weighted by Crippen LogP contribution is 2.12. The monoisotopic (exact) mass is 303 g/mol. The Bertz CT molecular complexity index is 621. The molecule has 7 nitrogen and oxygen atoms in total. The molecular weight excluding hydrogens is 282 g/mol. The summed E-state index contributed by atoms with van der Waals surface area (Å²) in [5, 5.41) is 9.19. The number of carbonyl (C=O) groups is 1. The Morgan fingerprint density at radius 2 is 2.05 bits per heavy atom. The average molecular weight is 303 g/mol. The number of hydrogen-bond donors (Lipinski definition) is 2. The summed E-state index contributed by atoms with van der Waals surface area (Å²) in [5.41, 5.74) is 1.33. The van der Waals surface area contributed by atoms with Crippen LogP contribution in [0.5, 0.6) is 0 Å². The zero-order chi connectivity index (χ0) is 16.1. The number of aliphatic hydroxyl groups excluding tert-OH is 1. The molecule has 2 heterocycles. The standard InChI is InChI=1S/C15H21N5O2/c1-11-16-9-13(18-11)10-20(6-7-21)15(22)12-4-5-14(17-8-12)19(2)3/h4-5,8-9,21H,6-7,10H2,1-3H3,(H,16,18). The Kier molecular flexibility index (Phi) is 5.11. The molecule has 118 valence electrons. The lowest BCUT2D eigenvalue weighted by atomic mass is 10.2. The van der Waals surface area contributed by atoms with Gasteiger partial charge in [-0.1, -0.05) is 0 Å². The first kappa shape index (κ1) is 16.0. The van der Waals surface area contributed by atoms with Gasteiger partial charge in [-0.05, 0) is 19.1 Å². The van der Waals surface area contributed by atoms with Crippen LogP contribution in [-0.4, -0.2) is 58.1 Å². The lowest BCUT2D eigenvalue weighted by molar-refractivity contribution is 0.0705. The molecule has 2 rings (SSSR count). The molecule has 0 saturated heterocycles. The molecule has 0 bridgehead atoms. The van der Waals surface area contributed by atoms with Crippen LogP contribution in [0.2, 0.25) is 0 Å². The fourth-order valence-corrected chi connectivity index (χ4v) is 2.09. The summed E-state index contributed by atoms with van der Waals surface area (Å²) in [6.07, 6.45) is 3.25. The number of imidazole rings is 1. The largest absolute Gasteiger partial charge is 0.395 e. The molecule has 0 spiro atoms. The van der Waals surface area contributed by atoms with E-state index < -0.39 is 0 Å². The van der Waals surface area contributed by atoms with Crippen molar-refractivity contribution in [1.29, 1.82) is 0 Å². The third-order valence-corrected chi connectivity index (χ3v) is 3.23. The molecule has 0 aliphatic heterocycles. The molecule has 0 atom stereocenters. The number of pyridine rings is 1. The summed E-state index contributed by atoms with van der Waals surface area (Å²) in [6, 6.07) is 3.54. The number of aliphatic hydroxyl groups is 1. The predicted octanol–water partition coefficient (Wildman–Crippen LogP) is 0.814. The molecule has 2 aromatic heterocycles. The van der Waals surface area contributed by atoms with E-state index in [4.69, 9.17) is 0 Å². The van der Waals surface area contributed by atoms with Crippen LogP contribution in [0, 0.1) is 6.92 Å². The van der Waals surface area contributed by atoms with Crippen molar-refractivity contribution in [2.45, 2.75) is 13.5 Å². The molecule has 0 aliphatic rings. The number of anilines is 1. The SMILES string of the molecule is Cc1ncc(CN(CCO)C(=O)c2ccc(N(C)C)nc2)[nH]1. The van der Waals surface area contributed by atoms with Crippen molar-refractivity contribution >= 4 is 11.7 Å². The van der Waals surface area contributed by atoms with E-state index in [0.29, 0.717) is 12.1 Å². The summed E-state index contributed by atoms with van der Waals surface area (Å²) in [6.45, 7) is 2.38. The van der Waals surface area contributed by atoms with Crippen LogP contribution in [0.1, 0.15) is 21.9 Å². The van der Waals surface area contributed by atoms with E-state index in [1.165, 1.54) is 0 Å². The maximum Gasteiger partial charge on any atom is 0.255 e. The van der Waals surface area contributed by atoms with Crippen LogP contribution in [-0.2, 0) is 6.54 Å². The number of hydrogen-bond acceptors (Lipinski definition) is 5. The quantitative estimate of drug-likeness (QED) is 0.825. The van der Waals surface area contributed by atoms with Crippen LogP contribution >= 0.6 is 0 Å². The predicted molar refractivity (Wildman–Crippen MR) is 83.7 cm³/mol. The van der Waals surface area contributed by atoms with E-state index in [9.17, 15) is 9.90 Å². The van der Waals surface area contributed by atoms with Crippen molar-refractivity contribution in [3.05, 3.63) is 41.6 Å². The molecule has 0 radical (unpaired) electrons. The molecule has 7 heteroatoms. The summed E-state index contributed by atoms with van der Waals surface area (Å²) in [7, 11) is 3.78. The molecule has 0 aromatic carbocycles. The van der Waals surface area contributed by atoms with E-state index in [0.717, 1.165) is 17.3 Å². The second-order valence-electron chi connectivity index (χ2n) is 5.24. The minimum absolute atomic E-state index is 0.0952. The molecular formula is C15H21N5O2. The third-order valence-electron chi connectivity index (χ3n) is 3.23. The first-order chi connectivity index (χ1) is 10.5. The van der Waals surface area contributed by atoms with Crippen molar-refractivity contribution in [3.8, 4) is 0 Å². The summed E-state index contributed by atoms with van der Waals surface area (Å²) in [5.74, 6) is 1.41. The van der Waals surface area contributed by atoms with Gasteiger partial charge >= 0.3 is 0 Å². The van der Waals surface area contributed by atoms with Crippen molar-refractivity contribution in [1.82, 2.24) is 19.9 Å². The number of carbonyl (C=O) groups excluding carboxylic acids is 1. The Morgan fingerprint density at radius 1 is 1.27 bits per heavy atom. The van der Waals surface area contributed by atoms with Gasteiger partial charge in [0.05, 0.1) is 30.6 Å². The van der Waals surface area contributed by atoms with E-state index >= 15 is 0 Å². The minimum atomic E-state index is -0.167. The second-order valence-corrected chi connectivity index (χ2v) is 5.24. The van der Waals surface area contributed by atoms with Crippen LogP contribution in [0.25, 0.3) is 0 Å². The van der Waals surface area contributed by atoms with Crippen molar-refractivity contribution in [2.75, 3.05) is 32.1 Å². The van der Waals surface area contributed by atoms with Crippen molar-refractivity contribution < 1.29 is 9.90 Å². The van der Waals surface area contributed by atoms with Gasteiger partial charge in [-0.2, -0.15) is 0 Å². The van der Waals surface area contributed by atoms with Gasteiger partial charge in [0.25, 0.3) is 5.91 Å². The minimum Gasteiger partial charge on any atom is -0.395 e. The lowest BCUT2D eigenvalue weighted by Gasteiger charge is -2.21. The Labute approximate surface area is 129 Å². The molecule has 0 saturated carbocycles. The summed E-state index contributed by atoms with van der Waals surface area (Å²) < 4.78 is 0. The summed E-state index contributed by atoms with van der Waals surface area (Å²) in [4.78, 5) is 27.4. The van der Waals surface area contributed by atoms with E-state index in [1.807, 2.05) is 25.9 Å². The van der Waals surface area contributed by atoms with E-state index in [2.05, 4.69) is 15.0 Å². The smallest absolute Gasteiger partial charge is 0.255 e. The lowest BCUT2D eigenvalue weighted by Crippen LogP contribution is -2.33. The van der Waals surface area contributed by atoms with Crippen molar-refractivity contribution in [2.24, 2.45) is 0 Å². The maximum absolute atomic E-state index is 12.6. The Morgan fingerprint density at radius 3 is 2.55 bits per heavy atom. The molecule has 2 N–H and O–H groups in total.